The molecule has 0 radical (unpaired) electrons. The van der Waals surface area contributed by atoms with Crippen LogP contribution >= 0.6 is 0 Å². The van der Waals surface area contributed by atoms with Gasteiger partial charge in [-0.1, -0.05) is 18.2 Å². The molecule has 0 aliphatic rings. The van der Waals surface area contributed by atoms with Gasteiger partial charge in [-0.3, -0.25) is 9.10 Å². The van der Waals surface area contributed by atoms with Crippen LogP contribution in [0.15, 0.2) is 77.7 Å². The third-order valence-electron chi connectivity index (χ3n) is 5.04. The molecule has 0 aromatic heterocycles. The van der Waals surface area contributed by atoms with Crippen LogP contribution in [-0.4, -0.2) is 54.1 Å². The Labute approximate surface area is 208 Å². The Morgan fingerprint density at radius 2 is 1.36 bits per heavy atom. The lowest BCUT2D eigenvalue weighted by molar-refractivity contribution is -0.114. The van der Waals surface area contributed by atoms with Crippen LogP contribution < -0.4 is 14.4 Å². The number of sulfonamides is 1. The van der Waals surface area contributed by atoms with E-state index in [1.54, 1.807) is 30.3 Å². The largest absolute Gasteiger partial charge is 0.497 e. The van der Waals surface area contributed by atoms with Crippen molar-refractivity contribution in [2.24, 2.45) is 0 Å². The van der Waals surface area contributed by atoms with Gasteiger partial charge in [-0.05, 0) is 54.6 Å². The van der Waals surface area contributed by atoms with E-state index in [0.717, 1.165) is 4.31 Å². The minimum atomic E-state index is -4.15. The lowest BCUT2D eigenvalue weighted by atomic mass is 10.1. The summed E-state index contributed by atoms with van der Waals surface area (Å²) in [5.74, 6) is -1.70. The second kappa shape index (κ2) is 11.4. The SMILES string of the molecule is COC(=O)c1cc(NC(=O)CN(c2ccccc2)S(=O)(=O)c2ccc(OC)cc2)cc(C(=O)OC)c1. The summed E-state index contributed by atoms with van der Waals surface area (Å²) in [4.78, 5) is 37.0. The third-order valence-corrected chi connectivity index (χ3v) is 6.83. The fourth-order valence-corrected chi connectivity index (χ4v) is 4.71. The van der Waals surface area contributed by atoms with E-state index in [2.05, 4.69) is 5.32 Å². The lowest BCUT2D eigenvalue weighted by Crippen LogP contribution is -2.38. The van der Waals surface area contributed by atoms with Crippen molar-refractivity contribution in [1.82, 2.24) is 0 Å². The molecule has 1 amide bonds. The summed E-state index contributed by atoms with van der Waals surface area (Å²) in [5, 5.41) is 2.54. The van der Waals surface area contributed by atoms with Crippen molar-refractivity contribution in [3.63, 3.8) is 0 Å². The molecule has 0 saturated carbocycles. The van der Waals surface area contributed by atoms with Gasteiger partial charge in [0.05, 0.1) is 43.0 Å². The van der Waals surface area contributed by atoms with Crippen molar-refractivity contribution in [1.29, 1.82) is 0 Å². The van der Waals surface area contributed by atoms with Gasteiger partial charge in [0.25, 0.3) is 10.0 Å². The maximum Gasteiger partial charge on any atom is 0.337 e. The molecule has 3 aromatic rings. The minimum Gasteiger partial charge on any atom is -0.497 e. The van der Waals surface area contributed by atoms with Crippen LogP contribution in [0.1, 0.15) is 20.7 Å². The van der Waals surface area contributed by atoms with E-state index < -0.39 is 34.4 Å². The number of carbonyl (C=O) groups excluding carboxylic acids is 3. The molecule has 0 aliphatic heterocycles. The number of hydrogen-bond acceptors (Lipinski definition) is 8. The van der Waals surface area contributed by atoms with Crippen LogP contribution in [0, 0.1) is 0 Å². The summed E-state index contributed by atoms with van der Waals surface area (Å²) in [6.07, 6.45) is 0. The summed E-state index contributed by atoms with van der Waals surface area (Å²) in [7, 11) is -0.338. The fourth-order valence-electron chi connectivity index (χ4n) is 3.29. The Morgan fingerprint density at radius 1 is 0.806 bits per heavy atom. The zero-order valence-corrected chi connectivity index (χ0v) is 20.6. The predicted molar refractivity (Wildman–Crippen MR) is 132 cm³/mol. The molecule has 1 N–H and O–H groups in total. The Bertz CT molecular complexity index is 1320. The number of ether oxygens (including phenoxy) is 3. The van der Waals surface area contributed by atoms with E-state index in [1.165, 1.54) is 63.8 Å². The fraction of sp³-hybridized carbons (Fsp3) is 0.160. The maximum absolute atomic E-state index is 13.5. The second-order valence-corrected chi connectivity index (χ2v) is 9.22. The molecule has 11 heteroatoms. The highest BCUT2D eigenvalue weighted by Gasteiger charge is 2.27. The number of para-hydroxylation sites is 1. The first-order valence-electron chi connectivity index (χ1n) is 10.5. The standard InChI is InChI=1S/C25H24N2O8S/c1-33-21-9-11-22(12-10-21)36(31,32)27(20-7-5-4-6-8-20)16-23(28)26-19-14-17(24(29)34-2)13-18(15-19)25(30)35-3/h4-15H,16H2,1-3H3,(H,26,28). The van der Waals surface area contributed by atoms with E-state index in [4.69, 9.17) is 14.2 Å². The molecule has 0 aliphatic carbocycles. The predicted octanol–water partition coefficient (Wildman–Crippen LogP) is 3.10. The van der Waals surface area contributed by atoms with Crippen molar-refractivity contribution >= 4 is 39.2 Å². The van der Waals surface area contributed by atoms with Crippen LogP contribution in [0.3, 0.4) is 0 Å². The number of methoxy groups -OCH3 is 3. The van der Waals surface area contributed by atoms with E-state index in [-0.39, 0.29) is 27.4 Å². The van der Waals surface area contributed by atoms with Gasteiger partial charge in [0.2, 0.25) is 5.91 Å². The van der Waals surface area contributed by atoms with Crippen molar-refractivity contribution in [3.8, 4) is 5.75 Å². The first-order valence-corrected chi connectivity index (χ1v) is 12.0. The number of esters is 2. The van der Waals surface area contributed by atoms with Gasteiger partial charge in [0.15, 0.2) is 0 Å². The Morgan fingerprint density at radius 3 is 1.86 bits per heavy atom. The number of rotatable bonds is 9. The number of anilines is 2. The monoisotopic (exact) mass is 512 g/mol. The molecule has 0 heterocycles. The van der Waals surface area contributed by atoms with E-state index in [9.17, 15) is 22.8 Å². The number of carbonyl (C=O) groups is 3. The summed E-state index contributed by atoms with van der Waals surface area (Å²) >= 11 is 0. The molecule has 0 unspecified atom stereocenters. The van der Waals surface area contributed by atoms with Gasteiger partial charge in [-0.2, -0.15) is 0 Å². The van der Waals surface area contributed by atoms with Gasteiger partial charge in [-0.15, -0.1) is 0 Å². The molecule has 188 valence electrons. The highest BCUT2D eigenvalue weighted by Crippen LogP contribution is 2.25. The summed E-state index contributed by atoms with van der Waals surface area (Å²) in [6, 6.07) is 17.8. The maximum atomic E-state index is 13.5. The number of hydrogen-bond donors (Lipinski definition) is 1. The molecule has 3 aromatic carbocycles. The summed E-state index contributed by atoms with van der Waals surface area (Å²) in [6.45, 7) is -0.589. The van der Waals surface area contributed by atoms with Crippen LogP contribution in [0.2, 0.25) is 0 Å². The molecule has 3 rings (SSSR count). The van der Waals surface area contributed by atoms with Gasteiger partial charge in [-0.25, -0.2) is 18.0 Å². The minimum absolute atomic E-state index is 0.00136. The highest BCUT2D eigenvalue weighted by atomic mass is 32.2. The molecule has 10 nitrogen and oxygen atoms in total. The van der Waals surface area contributed by atoms with E-state index >= 15 is 0 Å². The molecule has 0 spiro atoms. The lowest BCUT2D eigenvalue weighted by Gasteiger charge is -2.24. The van der Waals surface area contributed by atoms with Crippen LogP contribution in [0.4, 0.5) is 11.4 Å². The van der Waals surface area contributed by atoms with Crippen LogP contribution in [-0.2, 0) is 24.3 Å². The Hall–Kier alpha value is -4.38. The average molecular weight is 513 g/mol. The number of benzene rings is 3. The molecule has 36 heavy (non-hydrogen) atoms. The molecule has 0 atom stereocenters. The summed E-state index contributed by atoms with van der Waals surface area (Å²) in [5.41, 5.74) is 0.350. The van der Waals surface area contributed by atoms with Gasteiger partial charge >= 0.3 is 11.9 Å². The molecular formula is C25H24N2O8S. The van der Waals surface area contributed by atoms with Crippen LogP contribution in [0.5, 0.6) is 5.75 Å². The number of nitrogens with zero attached hydrogens (tertiary/aromatic N) is 1. The highest BCUT2D eigenvalue weighted by molar-refractivity contribution is 7.92. The number of amides is 1. The topological polar surface area (TPSA) is 128 Å². The Kier molecular flexibility index (Phi) is 8.28. The van der Waals surface area contributed by atoms with Gasteiger partial charge in [0.1, 0.15) is 12.3 Å². The third kappa shape index (κ3) is 5.99. The van der Waals surface area contributed by atoms with Crippen molar-refractivity contribution < 1.29 is 37.0 Å². The molecule has 0 fully saturated rings. The van der Waals surface area contributed by atoms with Gasteiger partial charge < -0.3 is 19.5 Å². The zero-order chi connectivity index (χ0) is 26.3. The first kappa shape index (κ1) is 26.2. The van der Waals surface area contributed by atoms with Crippen molar-refractivity contribution in [2.75, 3.05) is 37.5 Å². The first-order chi connectivity index (χ1) is 17.2. The second-order valence-electron chi connectivity index (χ2n) is 7.35. The van der Waals surface area contributed by atoms with Crippen molar-refractivity contribution in [3.05, 3.63) is 83.9 Å². The number of nitrogens with one attached hydrogen (secondary N) is 1. The van der Waals surface area contributed by atoms with Crippen LogP contribution in [0.25, 0.3) is 0 Å². The molecular weight excluding hydrogens is 488 g/mol. The van der Waals surface area contributed by atoms with Crippen molar-refractivity contribution in [2.45, 2.75) is 4.90 Å². The van der Waals surface area contributed by atoms with E-state index in [0.29, 0.717) is 5.75 Å². The van der Waals surface area contributed by atoms with E-state index in [1.807, 2.05) is 0 Å². The average Bonchev–Trinajstić information content (AvgIpc) is 2.90. The smallest absolute Gasteiger partial charge is 0.337 e. The molecule has 0 bridgehead atoms. The normalized spacial score (nSPS) is 10.8. The zero-order valence-electron chi connectivity index (χ0n) is 19.8. The summed E-state index contributed by atoms with van der Waals surface area (Å²) < 4.78 is 42.4. The Balaban J connectivity index is 1.94. The van der Waals surface area contributed by atoms with Gasteiger partial charge in [0, 0.05) is 5.69 Å². The molecule has 0 saturated heterocycles. The quantitative estimate of drug-likeness (QED) is 0.433.